The zero-order valence-electron chi connectivity index (χ0n) is 31.0. The first-order chi connectivity index (χ1) is 25.7. The minimum atomic E-state index is -1.53. The van der Waals surface area contributed by atoms with Crippen LogP contribution in [0.5, 0.6) is 0 Å². The Kier molecular flexibility index (Phi) is 11.9. The highest BCUT2D eigenvalue weighted by atomic mass is 19.1. The highest BCUT2D eigenvalue weighted by Gasteiger charge is 2.44. The molecule has 0 radical (unpaired) electrons. The molecule has 0 spiro atoms. The molecule has 1 aromatic rings. The molecule has 14 nitrogen and oxygen atoms in total. The summed E-state index contributed by atoms with van der Waals surface area (Å²) in [5, 5.41) is 7.99. The van der Waals surface area contributed by atoms with Crippen molar-refractivity contribution in [1.82, 2.24) is 30.7 Å². The third kappa shape index (κ3) is 8.51. The van der Waals surface area contributed by atoms with Gasteiger partial charge in [-0.05, 0) is 94.2 Å². The number of fused-ring (bicyclic) bond motifs is 4. The molecule has 2 saturated carbocycles. The first-order valence-electron chi connectivity index (χ1n) is 19.1. The highest BCUT2D eigenvalue weighted by molar-refractivity contribution is 5.97. The lowest BCUT2D eigenvalue weighted by Gasteiger charge is -2.34. The van der Waals surface area contributed by atoms with E-state index in [2.05, 4.69) is 16.0 Å². The van der Waals surface area contributed by atoms with Gasteiger partial charge in [0.1, 0.15) is 54.5 Å². The second kappa shape index (κ2) is 16.4. The minimum absolute atomic E-state index is 0.0928. The van der Waals surface area contributed by atoms with Crippen LogP contribution in [0.4, 0.5) is 8.78 Å². The molecule has 3 heterocycles. The molecule has 1 aromatic carbocycles. The number of nitrogens with zero attached hydrogens (tertiary/aromatic N) is 3. The summed E-state index contributed by atoms with van der Waals surface area (Å²) in [6.07, 6.45) is 5.51. The lowest BCUT2D eigenvalue weighted by molar-refractivity contribution is -0.158. The number of amides is 6. The van der Waals surface area contributed by atoms with Crippen LogP contribution in [0.25, 0.3) is 0 Å². The lowest BCUT2D eigenvalue weighted by atomic mass is 9.86. The topological polar surface area (TPSA) is 175 Å². The van der Waals surface area contributed by atoms with Gasteiger partial charge >= 0.3 is 5.97 Å². The van der Waals surface area contributed by atoms with Crippen molar-refractivity contribution in [2.75, 3.05) is 26.7 Å². The third-order valence-corrected chi connectivity index (χ3v) is 12.0. The van der Waals surface area contributed by atoms with Crippen LogP contribution in [-0.2, 0) is 44.7 Å². The van der Waals surface area contributed by atoms with E-state index in [0.717, 1.165) is 37.8 Å². The first-order valence-corrected chi connectivity index (χ1v) is 19.1. The summed E-state index contributed by atoms with van der Waals surface area (Å²) in [5.41, 5.74) is 0.0928. The molecule has 54 heavy (non-hydrogen) atoms. The number of rotatable bonds is 7. The van der Waals surface area contributed by atoms with Crippen LogP contribution in [0.2, 0.25) is 0 Å². The van der Waals surface area contributed by atoms with Crippen molar-refractivity contribution in [1.29, 1.82) is 0 Å². The summed E-state index contributed by atoms with van der Waals surface area (Å²) >= 11 is 0. The summed E-state index contributed by atoms with van der Waals surface area (Å²) in [5.74, 6) is -5.02. The van der Waals surface area contributed by atoms with Gasteiger partial charge in [0.15, 0.2) is 0 Å². The quantitative estimate of drug-likeness (QED) is 0.348. The smallest absolute Gasteiger partial charge is 0.328 e. The van der Waals surface area contributed by atoms with Gasteiger partial charge in [0.05, 0.1) is 0 Å². The first kappa shape index (κ1) is 39.1. The monoisotopic (exact) mass is 756 g/mol. The van der Waals surface area contributed by atoms with E-state index >= 15 is 0 Å². The number of ether oxygens (including phenoxy) is 1. The molecular formula is C38H50F2N6O8. The van der Waals surface area contributed by atoms with Crippen molar-refractivity contribution < 1.29 is 47.1 Å². The third-order valence-electron chi connectivity index (χ3n) is 12.0. The number of halogens is 2. The summed E-state index contributed by atoms with van der Waals surface area (Å²) in [6.45, 7) is 2.71. The van der Waals surface area contributed by atoms with E-state index in [-0.39, 0.29) is 50.3 Å². The van der Waals surface area contributed by atoms with E-state index in [9.17, 15) is 42.3 Å². The van der Waals surface area contributed by atoms with Crippen molar-refractivity contribution in [3.05, 3.63) is 35.4 Å². The van der Waals surface area contributed by atoms with E-state index in [1.807, 2.05) is 0 Å². The molecule has 3 aliphatic heterocycles. The molecule has 5 fully saturated rings. The molecule has 3 N–H and O–H groups in total. The van der Waals surface area contributed by atoms with Gasteiger partial charge in [-0.15, -0.1) is 0 Å². The van der Waals surface area contributed by atoms with E-state index in [4.69, 9.17) is 4.74 Å². The number of benzene rings is 1. The van der Waals surface area contributed by atoms with Crippen LogP contribution in [0.15, 0.2) is 18.2 Å². The zero-order valence-corrected chi connectivity index (χ0v) is 31.0. The molecule has 2 bridgehead atoms. The lowest BCUT2D eigenvalue weighted by Crippen LogP contribution is -2.60. The Labute approximate surface area is 313 Å². The largest absolute Gasteiger partial charge is 0.461 e. The normalized spacial score (nSPS) is 31.2. The average molecular weight is 757 g/mol. The predicted octanol–water partition coefficient (Wildman–Crippen LogP) is 1.19. The fourth-order valence-electron chi connectivity index (χ4n) is 9.01. The summed E-state index contributed by atoms with van der Waals surface area (Å²) in [7, 11) is 1.43. The van der Waals surface area contributed by atoms with Crippen molar-refractivity contribution in [3.8, 4) is 0 Å². The Hall–Kier alpha value is -4.63. The molecule has 3 unspecified atom stereocenters. The minimum Gasteiger partial charge on any atom is -0.461 e. The van der Waals surface area contributed by atoms with Crippen molar-refractivity contribution in [2.24, 2.45) is 17.8 Å². The number of esters is 1. The number of hydrogen-bond donors (Lipinski definition) is 3. The number of likely N-dealkylation sites (N-methyl/N-ethyl adjacent to an activating group) is 1. The zero-order chi connectivity index (χ0) is 38.8. The Morgan fingerprint density at radius 2 is 1.56 bits per heavy atom. The van der Waals surface area contributed by atoms with Crippen molar-refractivity contribution >= 4 is 41.4 Å². The summed E-state index contributed by atoms with van der Waals surface area (Å²) < 4.78 is 34.1. The number of carbonyl (C=O) groups is 7. The van der Waals surface area contributed by atoms with E-state index in [0.29, 0.717) is 30.7 Å². The maximum atomic E-state index is 14.3. The molecule has 16 heteroatoms. The Bertz CT molecular complexity index is 1660. The van der Waals surface area contributed by atoms with Gasteiger partial charge in [0.2, 0.25) is 35.4 Å². The van der Waals surface area contributed by atoms with Gasteiger partial charge in [0.25, 0.3) is 0 Å². The van der Waals surface area contributed by atoms with Gasteiger partial charge < -0.3 is 35.4 Å². The second-order valence-electron chi connectivity index (χ2n) is 15.7. The summed E-state index contributed by atoms with van der Waals surface area (Å²) in [6, 6.07) is -4.13. The Morgan fingerprint density at radius 3 is 2.20 bits per heavy atom. The van der Waals surface area contributed by atoms with Crippen LogP contribution >= 0.6 is 0 Å². The molecule has 2 aliphatic carbocycles. The molecule has 0 aromatic heterocycles. The van der Waals surface area contributed by atoms with E-state index < -0.39 is 95.9 Å². The van der Waals surface area contributed by atoms with E-state index in [1.165, 1.54) is 35.6 Å². The van der Waals surface area contributed by atoms with Gasteiger partial charge in [-0.3, -0.25) is 28.8 Å². The molecule has 6 amide bonds. The number of nitrogens with one attached hydrogen (secondary N) is 3. The molecule has 9 atom stereocenters. The van der Waals surface area contributed by atoms with Crippen LogP contribution < -0.4 is 16.0 Å². The van der Waals surface area contributed by atoms with Crippen LogP contribution in [0.1, 0.15) is 77.2 Å². The molecular weight excluding hydrogens is 706 g/mol. The standard InChI is InChI=1S/C38H50F2N6O8/c1-20-35(50)46-11-5-7-31(46)38(53)54-19-29(36(51)45-10-4-6-30(45)37(52)44(3)21(2)33(48)41-20)43-34(49)28(16-23-14-26(39)18-27(40)15-23)42-32(47)17-25-13-22-8-9-24(25)12-22/h14-15,18,20-22,24-25,28-31H,4-13,16-17,19H2,1-3H3,(H,41,48)(H,42,47)(H,43,49)/t20-,21-,22?,24?,25?,28-,29-,30-,31-/m0/s1. The van der Waals surface area contributed by atoms with Gasteiger partial charge in [-0.1, -0.05) is 6.42 Å². The SMILES string of the molecule is C[C@@H]1NC(=O)[C@H](C)N(C)C(=O)[C@@H]2CCCN2C(=O)[C@@H](NC(=O)[C@H](Cc2cc(F)cc(F)c2)NC(=O)CC2CC3CCC2C3)COC(=O)[C@@H]2CCCN2C1=O. The average Bonchev–Trinajstić information content (AvgIpc) is 3.96. The molecule has 294 valence electrons. The van der Waals surface area contributed by atoms with Gasteiger partial charge in [0, 0.05) is 39.0 Å². The van der Waals surface area contributed by atoms with E-state index in [1.54, 1.807) is 0 Å². The van der Waals surface area contributed by atoms with Crippen LogP contribution in [-0.4, -0.2) is 119 Å². The summed E-state index contributed by atoms with van der Waals surface area (Å²) in [4.78, 5) is 99.5. The number of hydrogen-bond acceptors (Lipinski definition) is 8. The fourth-order valence-corrected chi connectivity index (χ4v) is 9.01. The maximum Gasteiger partial charge on any atom is 0.328 e. The highest BCUT2D eigenvalue weighted by Crippen LogP contribution is 2.49. The van der Waals surface area contributed by atoms with Gasteiger partial charge in [-0.25, -0.2) is 13.6 Å². The van der Waals surface area contributed by atoms with Crippen LogP contribution in [0, 0.1) is 29.4 Å². The van der Waals surface area contributed by atoms with Crippen molar-refractivity contribution in [3.63, 3.8) is 0 Å². The Balaban J connectivity index is 1.27. The van der Waals surface area contributed by atoms with Gasteiger partial charge in [-0.2, -0.15) is 0 Å². The predicted molar refractivity (Wildman–Crippen MR) is 188 cm³/mol. The number of carbonyl (C=O) groups excluding carboxylic acids is 7. The molecule has 5 aliphatic rings. The van der Waals surface area contributed by atoms with Crippen molar-refractivity contribution in [2.45, 2.75) is 114 Å². The molecule has 3 saturated heterocycles. The number of cyclic esters (lactones) is 1. The molecule has 6 rings (SSSR count). The fraction of sp³-hybridized carbons (Fsp3) is 0.658. The Morgan fingerprint density at radius 1 is 0.889 bits per heavy atom. The van der Waals surface area contributed by atoms with Crippen LogP contribution in [0.3, 0.4) is 0 Å². The maximum absolute atomic E-state index is 14.3. The second-order valence-corrected chi connectivity index (χ2v) is 15.7.